The Balaban J connectivity index is 2.15. The van der Waals surface area contributed by atoms with E-state index in [0.29, 0.717) is 15.9 Å². The predicted molar refractivity (Wildman–Crippen MR) is 173 cm³/mol. The highest BCUT2D eigenvalue weighted by Gasteiger charge is 2.95. The molecule has 3 aromatic rings. The summed E-state index contributed by atoms with van der Waals surface area (Å²) in [4.78, 5) is 12.9. The summed E-state index contributed by atoms with van der Waals surface area (Å²) < 4.78 is 240. The minimum Gasteiger partial charge on any atom is -0.462 e. The van der Waals surface area contributed by atoms with Gasteiger partial charge in [-0.25, -0.2) is 4.79 Å². The van der Waals surface area contributed by atoms with Crippen molar-refractivity contribution in [2.24, 2.45) is 0 Å². The van der Waals surface area contributed by atoms with Crippen molar-refractivity contribution in [3.63, 3.8) is 0 Å². The van der Waals surface area contributed by atoms with Crippen LogP contribution in [0.2, 0.25) is 0 Å². The summed E-state index contributed by atoms with van der Waals surface area (Å²) in [7, 11) is 0. The standard InChI is InChI=1S/C33H25F17NO2PS/c1-2-53-25(52)23(54(20-12-6-3-7-13-20,21-14-8-4-9-15-21)22-16-10-5-11-17-22)24(55)51-19-18-26(34,35)27(36,37)28(38,39)29(40,41)30(42,43)31(44,45)32(46,47)33(48,49)50/h3-17H,2,18-19H2,1H3,(H,51,55). The fourth-order valence-electron chi connectivity index (χ4n) is 5.14. The number of esters is 1. The summed E-state index contributed by atoms with van der Waals surface area (Å²) in [6, 6.07) is 23.2. The molecule has 3 rings (SSSR count). The molecule has 22 heteroatoms. The maximum Gasteiger partial charge on any atom is 0.460 e. The van der Waals surface area contributed by atoms with Crippen LogP contribution in [0.1, 0.15) is 13.3 Å². The predicted octanol–water partition coefficient (Wildman–Crippen LogP) is 9.03. The molecule has 0 unspecified atom stereocenters. The second kappa shape index (κ2) is 15.6. The summed E-state index contributed by atoms with van der Waals surface area (Å²) >= 11 is 5.32. The molecule has 0 atom stereocenters. The molecule has 0 spiro atoms. The van der Waals surface area contributed by atoms with Gasteiger partial charge >= 0.3 is 53.6 Å². The molecule has 3 nitrogen and oxygen atoms in total. The smallest absolute Gasteiger partial charge is 0.460 e. The number of rotatable bonds is 15. The zero-order valence-electron chi connectivity index (χ0n) is 27.4. The van der Waals surface area contributed by atoms with E-state index in [1.54, 1.807) is 18.2 Å². The SMILES string of the molecule is CCOC(=O)C(C(=S)NCCC(F)(F)C(F)(F)C(F)(F)C(F)(F)C(F)(F)C(F)(F)C(F)(F)C(F)(F)F)=P(c1ccccc1)(c1ccccc1)c1ccccc1. The van der Waals surface area contributed by atoms with Gasteiger partial charge in [-0.2, -0.15) is 74.6 Å². The van der Waals surface area contributed by atoms with E-state index in [4.69, 9.17) is 17.0 Å². The number of ether oxygens (including phenoxy) is 1. The second-order valence-electron chi connectivity index (χ2n) is 11.4. The molecule has 0 fully saturated rings. The Labute approximate surface area is 305 Å². The number of thiocarbonyl (C=S) groups is 1. The summed E-state index contributed by atoms with van der Waals surface area (Å²) in [5, 5.41) is 2.48. The van der Waals surface area contributed by atoms with Crippen LogP contribution in [0.5, 0.6) is 0 Å². The molecule has 0 aliphatic heterocycles. The molecule has 0 radical (unpaired) electrons. The number of benzene rings is 3. The van der Waals surface area contributed by atoms with E-state index < -0.39 is 83.7 Å². The van der Waals surface area contributed by atoms with Gasteiger partial charge in [0.2, 0.25) is 0 Å². The van der Waals surface area contributed by atoms with Crippen LogP contribution in [-0.4, -0.2) is 77.0 Å². The third-order valence-corrected chi connectivity index (χ3v) is 12.8. The first kappa shape index (κ1) is 45.5. The van der Waals surface area contributed by atoms with Gasteiger partial charge in [-0.3, -0.25) is 0 Å². The molecule has 1 N–H and O–H groups in total. The van der Waals surface area contributed by atoms with Crippen LogP contribution in [0.25, 0.3) is 0 Å². The number of halogens is 17. The van der Waals surface area contributed by atoms with E-state index in [2.05, 4.69) is 0 Å². The zero-order valence-corrected chi connectivity index (χ0v) is 29.1. The maximum atomic E-state index is 14.8. The summed E-state index contributed by atoms with van der Waals surface area (Å²) in [6.45, 7) is -4.42. The minimum atomic E-state index is -8.73. The second-order valence-corrected chi connectivity index (χ2v) is 15.1. The molecule has 0 aromatic heterocycles. The fraction of sp³-hybridized carbons (Fsp3) is 0.364. The molecule has 0 aliphatic rings. The monoisotopic (exact) mass is 853 g/mol. The van der Waals surface area contributed by atoms with Gasteiger partial charge in [0.05, 0.1) is 6.61 Å². The number of carbonyl (C=O) groups excluding carboxylic acids is 1. The molecule has 304 valence electrons. The quantitative estimate of drug-likeness (QED) is 0.0718. The fourth-order valence-corrected chi connectivity index (χ4v) is 9.99. The first-order valence-electron chi connectivity index (χ1n) is 15.2. The van der Waals surface area contributed by atoms with Crippen molar-refractivity contribution in [1.82, 2.24) is 5.32 Å². The van der Waals surface area contributed by atoms with Crippen molar-refractivity contribution >= 4 is 51.3 Å². The number of hydrogen-bond acceptors (Lipinski definition) is 3. The van der Waals surface area contributed by atoms with Crippen LogP contribution < -0.4 is 21.2 Å². The van der Waals surface area contributed by atoms with Crippen molar-refractivity contribution in [2.45, 2.75) is 61.0 Å². The normalized spacial score (nSPS) is 14.0. The third kappa shape index (κ3) is 7.42. The van der Waals surface area contributed by atoms with Crippen molar-refractivity contribution in [3.05, 3.63) is 91.0 Å². The van der Waals surface area contributed by atoms with Crippen LogP contribution >= 0.6 is 19.1 Å². The lowest BCUT2D eigenvalue weighted by atomic mass is 9.88. The van der Waals surface area contributed by atoms with Crippen LogP contribution in [0.15, 0.2) is 91.0 Å². The Morgan fingerprint density at radius 3 is 1.22 bits per heavy atom. The van der Waals surface area contributed by atoms with E-state index in [9.17, 15) is 79.4 Å². The maximum absolute atomic E-state index is 14.8. The van der Waals surface area contributed by atoms with Crippen LogP contribution in [0.4, 0.5) is 74.6 Å². The Bertz CT molecular complexity index is 1770. The van der Waals surface area contributed by atoms with Crippen LogP contribution in [0, 0.1) is 0 Å². The molecule has 0 saturated carbocycles. The molecule has 55 heavy (non-hydrogen) atoms. The van der Waals surface area contributed by atoms with Gasteiger partial charge < -0.3 is 10.1 Å². The van der Waals surface area contributed by atoms with E-state index in [-0.39, 0.29) is 6.61 Å². The van der Waals surface area contributed by atoms with Gasteiger partial charge in [-0.15, -0.1) is 0 Å². The van der Waals surface area contributed by atoms with Gasteiger partial charge in [0.25, 0.3) is 0 Å². The van der Waals surface area contributed by atoms with E-state index in [0.717, 1.165) is 0 Å². The molecule has 0 heterocycles. The Kier molecular flexibility index (Phi) is 12.9. The topological polar surface area (TPSA) is 38.3 Å². The van der Waals surface area contributed by atoms with E-state index in [1.165, 1.54) is 79.7 Å². The summed E-state index contributed by atoms with van der Waals surface area (Å²) in [6.07, 6.45) is -10.6. The van der Waals surface area contributed by atoms with E-state index >= 15 is 0 Å². The molecule has 3 aromatic carbocycles. The highest BCUT2D eigenvalue weighted by atomic mass is 32.1. The molecule has 0 saturated heterocycles. The Morgan fingerprint density at radius 1 is 0.564 bits per heavy atom. The highest BCUT2D eigenvalue weighted by molar-refractivity contribution is 8.00. The largest absolute Gasteiger partial charge is 0.462 e. The average Bonchev–Trinajstić information content (AvgIpc) is 3.10. The first-order chi connectivity index (χ1) is 25.1. The lowest BCUT2D eigenvalue weighted by Crippen LogP contribution is -2.74. The Morgan fingerprint density at radius 2 is 0.891 bits per heavy atom. The third-order valence-electron chi connectivity index (χ3n) is 7.96. The van der Waals surface area contributed by atoms with Gasteiger partial charge in [-0.1, -0.05) is 103 Å². The number of alkyl halides is 17. The molecular formula is C33H25F17NO2PS. The molecular weight excluding hydrogens is 828 g/mol. The summed E-state index contributed by atoms with van der Waals surface area (Å²) in [5.74, 6) is -58.4. The van der Waals surface area contributed by atoms with E-state index in [1.807, 2.05) is 5.32 Å². The Hall–Kier alpha value is -3.87. The minimum absolute atomic E-state index is 0.338. The molecule has 0 bridgehead atoms. The lowest BCUT2D eigenvalue weighted by molar-refractivity contribution is -0.461. The van der Waals surface area contributed by atoms with Crippen molar-refractivity contribution < 1.29 is 84.2 Å². The van der Waals surface area contributed by atoms with Gasteiger partial charge in [0.15, 0.2) is 0 Å². The van der Waals surface area contributed by atoms with Gasteiger partial charge in [-0.05, 0) is 29.7 Å². The number of nitrogens with one attached hydrogen (secondary N) is 1. The van der Waals surface area contributed by atoms with Gasteiger partial charge in [0.1, 0.15) is 10.3 Å². The highest BCUT2D eigenvalue weighted by Crippen LogP contribution is 2.64. The van der Waals surface area contributed by atoms with Gasteiger partial charge in [0, 0.05) is 13.0 Å². The number of hydrogen-bond donors (Lipinski definition) is 1. The molecule has 0 aliphatic carbocycles. The van der Waals surface area contributed by atoms with Crippen LogP contribution in [0.3, 0.4) is 0 Å². The van der Waals surface area contributed by atoms with Crippen molar-refractivity contribution in [1.29, 1.82) is 0 Å². The zero-order chi connectivity index (χ0) is 42.1. The van der Waals surface area contributed by atoms with Crippen molar-refractivity contribution in [3.8, 4) is 0 Å². The molecule has 0 amide bonds. The average molecular weight is 854 g/mol. The van der Waals surface area contributed by atoms with Crippen LogP contribution in [-0.2, 0) is 9.53 Å². The first-order valence-corrected chi connectivity index (χ1v) is 17.4. The number of carbonyl (C=O) groups is 1. The lowest BCUT2D eigenvalue weighted by Gasteiger charge is -2.42. The van der Waals surface area contributed by atoms with Crippen molar-refractivity contribution in [2.75, 3.05) is 13.2 Å². The summed E-state index contributed by atoms with van der Waals surface area (Å²) in [5.41, 5.74) is 0.